The highest BCUT2D eigenvalue weighted by molar-refractivity contribution is 5.99. The Balaban J connectivity index is 1.58. The van der Waals surface area contributed by atoms with E-state index < -0.39 is 5.91 Å². The summed E-state index contributed by atoms with van der Waals surface area (Å²) < 4.78 is 0. The second-order valence-electron chi connectivity index (χ2n) is 6.93. The number of nitrogens with two attached hydrogens (primary N) is 1. The van der Waals surface area contributed by atoms with Crippen molar-refractivity contribution in [3.63, 3.8) is 0 Å². The Bertz CT molecular complexity index is 994. The van der Waals surface area contributed by atoms with E-state index in [4.69, 9.17) is 5.73 Å². The van der Waals surface area contributed by atoms with Crippen molar-refractivity contribution in [3.05, 3.63) is 71.5 Å². The minimum Gasteiger partial charge on any atom is -0.378 e. The van der Waals surface area contributed by atoms with Crippen LogP contribution >= 0.6 is 0 Å². The monoisotopic (exact) mass is 392 g/mol. The Morgan fingerprint density at radius 1 is 1.07 bits per heavy atom. The molecule has 0 saturated heterocycles. The van der Waals surface area contributed by atoms with Crippen molar-refractivity contribution < 1.29 is 9.59 Å². The number of amides is 3. The molecule has 3 aromatic rings. The predicted octanol–water partition coefficient (Wildman–Crippen LogP) is 3.89. The van der Waals surface area contributed by atoms with E-state index in [9.17, 15) is 9.59 Å². The Morgan fingerprint density at radius 2 is 1.79 bits per heavy atom. The van der Waals surface area contributed by atoms with E-state index in [0.29, 0.717) is 23.8 Å². The summed E-state index contributed by atoms with van der Waals surface area (Å²) in [6.07, 6.45) is 1.50. The molecule has 0 aliphatic carbocycles. The van der Waals surface area contributed by atoms with E-state index in [1.54, 1.807) is 6.07 Å². The van der Waals surface area contributed by atoms with Crippen LogP contribution in [0.25, 0.3) is 0 Å². The maximum Gasteiger partial charge on any atom is 0.323 e. The first kappa shape index (κ1) is 19.9. The highest BCUT2D eigenvalue weighted by Gasteiger charge is 2.10. The molecule has 0 saturated carbocycles. The lowest BCUT2D eigenvalue weighted by atomic mass is 10.0. The normalized spacial score (nSPS) is 10.6. The van der Waals surface area contributed by atoms with E-state index in [0.717, 1.165) is 11.3 Å². The summed E-state index contributed by atoms with van der Waals surface area (Å²) in [4.78, 5) is 23.6. The zero-order valence-corrected chi connectivity index (χ0v) is 16.3. The second kappa shape index (κ2) is 8.92. The number of carbonyl (C=O) groups excluding carboxylic acids is 2. The average Bonchev–Trinajstić information content (AvgIpc) is 3.16. The molecule has 0 radical (unpaired) electrons. The molecule has 0 aliphatic rings. The van der Waals surface area contributed by atoms with Gasteiger partial charge in [-0.2, -0.15) is 5.10 Å². The van der Waals surface area contributed by atoms with Crippen LogP contribution in [0.4, 0.5) is 21.9 Å². The fourth-order valence-electron chi connectivity index (χ4n) is 2.81. The van der Waals surface area contributed by atoms with Crippen LogP contribution in [0, 0.1) is 0 Å². The van der Waals surface area contributed by atoms with Crippen LogP contribution in [0.15, 0.2) is 54.7 Å². The molecule has 2 aromatic carbocycles. The zero-order chi connectivity index (χ0) is 20.8. The summed E-state index contributed by atoms with van der Waals surface area (Å²) in [6, 6.07) is 14.9. The number of primary amides is 1. The number of nitrogens with zero attached hydrogens (tertiary/aromatic N) is 1. The molecule has 0 spiro atoms. The largest absolute Gasteiger partial charge is 0.378 e. The number of aromatic nitrogens is 2. The predicted molar refractivity (Wildman–Crippen MR) is 114 cm³/mol. The lowest BCUT2D eigenvalue weighted by Crippen LogP contribution is -2.19. The van der Waals surface area contributed by atoms with Crippen LogP contribution in [0.2, 0.25) is 0 Å². The zero-order valence-electron chi connectivity index (χ0n) is 16.3. The molecule has 8 heteroatoms. The Labute approximate surface area is 168 Å². The fourth-order valence-corrected chi connectivity index (χ4v) is 2.81. The van der Waals surface area contributed by atoms with Gasteiger partial charge >= 0.3 is 6.03 Å². The molecular weight excluding hydrogens is 368 g/mol. The maximum absolute atomic E-state index is 12.3. The van der Waals surface area contributed by atoms with Gasteiger partial charge in [0.2, 0.25) is 0 Å². The molecule has 1 heterocycles. The first-order valence-electron chi connectivity index (χ1n) is 9.26. The summed E-state index contributed by atoms with van der Waals surface area (Å²) >= 11 is 0. The van der Waals surface area contributed by atoms with Gasteiger partial charge in [0.05, 0.1) is 11.9 Å². The number of nitrogens with one attached hydrogen (secondary N) is 4. The third-order valence-electron chi connectivity index (χ3n) is 4.39. The molecular formula is C21H24N6O2. The molecule has 0 bridgehead atoms. The van der Waals surface area contributed by atoms with Gasteiger partial charge in [0.25, 0.3) is 5.91 Å². The SMILES string of the molecule is CC(C)c1ccc(NC(=O)Nc2cccc(CNc3cn[nH]c3C(N)=O)c2)cc1. The minimum atomic E-state index is -0.585. The van der Waals surface area contributed by atoms with E-state index in [1.165, 1.54) is 11.8 Å². The molecule has 0 unspecified atom stereocenters. The molecule has 0 aliphatic heterocycles. The smallest absolute Gasteiger partial charge is 0.323 e. The van der Waals surface area contributed by atoms with Crippen LogP contribution in [0.3, 0.4) is 0 Å². The maximum atomic E-state index is 12.3. The van der Waals surface area contributed by atoms with Crippen LogP contribution < -0.4 is 21.7 Å². The van der Waals surface area contributed by atoms with E-state index >= 15 is 0 Å². The number of aromatic amines is 1. The van der Waals surface area contributed by atoms with Crippen molar-refractivity contribution in [3.8, 4) is 0 Å². The molecule has 6 N–H and O–H groups in total. The van der Waals surface area contributed by atoms with Gasteiger partial charge < -0.3 is 21.7 Å². The van der Waals surface area contributed by atoms with Crippen molar-refractivity contribution >= 4 is 29.0 Å². The number of H-pyrrole nitrogens is 1. The first-order chi connectivity index (χ1) is 13.9. The van der Waals surface area contributed by atoms with Crippen molar-refractivity contribution in [2.24, 2.45) is 5.73 Å². The van der Waals surface area contributed by atoms with Gasteiger partial charge in [-0.3, -0.25) is 9.89 Å². The lowest BCUT2D eigenvalue weighted by Gasteiger charge is -2.11. The molecule has 3 rings (SSSR count). The van der Waals surface area contributed by atoms with Gasteiger partial charge in [-0.25, -0.2) is 4.79 Å². The fraction of sp³-hybridized carbons (Fsp3) is 0.190. The summed E-state index contributed by atoms with van der Waals surface area (Å²) in [6.45, 7) is 4.68. The summed E-state index contributed by atoms with van der Waals surface area (Å²) in [5.41, 5.74) is 9.55. The van der Waals surface area contributed by atoms with Crippen LogP contribution in [0.5, 0.6) is 0 Å². The minimum absolute atomic E-state index is 0.224. The third kappa shape index (κ3) is 5.35. The molecule has 8 nitrogen and oxygen atoms in total. The number of urea groups is 1. The first-order valence-corrected chi connectivity index (χ1v) is 9.26. The quantitative estimate of drug-likeness (QED) is 0.418. The van der Waals surface area contributed by atoms with E-state index in [2.05, 4.69) is 40.0 Å². The molecule has 0 fully saturated rings. The standard InChI is InChI=1S/C21H24N6O2/c1-13(2)15-6-8-16(9-7-15)25-21(29)26-17-5-3-4-14(10-17)11-23-18-12-24-27-19(18)20(22)28/h3-10,12-13,23H,11H2,1-2H3,(H2,22,28)(H,24,27)(H2,25,26,29). The summed E-state index contributed by atoms with van der Waals surface area (Å²) in [7, 11) is 0. The van der Waals surface area contributed by atoms with E-state index in [1.807, 2.05) is 42.5 Å². The van der Waals surface area contributed by atoms with Gasteiger partial charge in [0.1, 0.15) is 5.69 Å². The van der Waals surface area contributed by atoms with Crippen molar-refractivity contribution in [1.82, 2.24) is 10.2 Å². The van der Waals surface area contributed by atoms with Gasteiger partial charge in [0, 0.05) is 17.9 Å². The molecule has 1 aromatic heterocycles. The highest BCUT2D eigenvalue weighted by atomic mass is 16.2. The van der Waals surface area contributed by atoms with Crippen LogP contribution in [-0.4, -0.2) is 22.1 Å². The van der Waals surface area contributed by atoms with Crippen LogP contribution in [-0.2, 0) is 6.54 Å². The highest BCUT2D eigenvalue weighted by Crippen LogP contribution is 2.18. The Morgan fingerprint density at radius 3 is 2.48 bits per heavy atom. The van der Waals surface area contributed by atoms with Crippen molar-refractivity contribution in [2.75, 3.05) is 16.0 Å². The van der Waals surface area contributed by atoms with E-state index in [-0.39, 0.29) is 11.7 Å². The lowest BCUT2D eigenvalue weighted by molar-refractivity contribution is 0.0996. The second-order valence-corrected chi connectivity index (χ2v) is 6.93. The van der Waals surface area contributed by atoms with Gasteiger partial charge in [-0.05, 0) is 41.3 Å². The number of anilines is 3. The van der Waals surface area contributed by atoms with Gasteiger partial charge in [-0.15, -0.1) is 0 Å². The summed E-state index contributed by atoms with van der Waals surface area (Å²) in [5.74, 6) is -0.145. The topological polar surface area (TPSA) is 125 Å². The number of rotatable bonds is 7. The third-order valence-corrected chi connectivity index (χ3v) is 4.39. The average molecular weight is 392 g/mol. The van der Waals surface area contributed by atoms with Crippen LogP contribution in [0.1, 0.15) is 41.4 Å². The Hall–Kier alpha value is -3.81. The number of benzene rings is 2. The van der Waals surface area contributed by atoms with Crippen molar-refractivity contribution in [2.45, 2.75) is 26.3 Å². The molecule has 150 valence electrons. The van der Waals surface area contributed by atoms with Gasteiger partial charge in [-0.1, -0.05) is 38.1 Å². The number of hydrogen-bond donors (Lipinski definition) is 5. The number of hydrogen-bond acceptors (Lipinski definition) is 4. The Kier molecular flexibility index (Phi) is 6.13. The number of carbonyl (C=O) groups is 2. The molecule has 0 atom stereocenters. The molecule has 29 heavy (non-hydrogen) atoms. The van der Waals surface area contributed by atoms with Gasteiger partial charge in [0.15, 0.2) is 0 Å². The van der Waals surface area contributed by atoms with Crippen molar-refractivity contribution in [1.29, 1.82) is 0 Å². The molecule has 3 amide bonds. The summed E-state index contributed by atoms with van der Waals surface area (Å²) in [5, 5.41) is 15.1.